The van der Waals surface area contributed by atoms with Gasteiger partial charge in [-0.25, -0.2) is 4.68 Å². The minimum atomic E-state index is -0.127. The zero-order valence-corrected chi connectivity index (χ0v) is 17.8. The van der Waals surface area contributed by atoms with Gasteiger partial charge in [0, 0.05) is 43.9 Å². The van der Waals surface area contributed by atoms with Crippen molar-refractivity contribution in [3.8, 4) is 5.69 Å². The van der Waals surface area contributed by atoms with Gasteiger partial charge in [-0.2, -0.15) is 5.10 Å². The second-order valence-electron chi connectivity index (χ2n) is 7.69. The molecule has 1 unspecified atom stereocenters. The maximum Gasteiger partial charge on any atom is 0.255 e. The number of carbonyl (C=O) groups is 1. The molecule has 30 heavy (non-hydrogen) atoms. The second-order valence-corrected chi connectivity index (χ2v) is 8.13. The molecule has 1 aliphatic heterocycles. The first kappa shape index (κ1) is 20.6. The monoisotopic (exact) mass is 423 g/mol. The van der Waals surface area contributed by atoms with Crippen LogP contribution in [0.4, 0.5) is 0 Å². The van der Waals surface area contributed by atoms with E-state index in [0.717, 1.165) is 44.0 Å². The third-order valence-electron chi connectivity index (χ3n) is 5.48. The van der Waals surface area contributed by atoms with Crippen LogP contribution in [0.15, 0.2) is 67.0 Å². The Kier molecular flexibility index (Phi) is 6.47. The Labute approximate surface area is 182 Å². The van der Waals surface area contributed by atoms with Gasteiger partial charge >= 0.3 is 0 Å². The van der Waals surface area contributed by atoms with E-state index in [0.29, 0.717) is 10.6 Å². The topological polar surface area (TPSA) is 53.4 Å². The summed E-state index contributed by atoms with van der Waals surface area (Å²) in [5.41, 5.74) is 2.50. The Morgan fingerprint density at radius 3 is 2.47 bits per heavy atom. The van der Waals surface area contributed by atoms with Crippen molar-refractivity contribution < 1.29 is 4.79 Å². The maximum atomic E-state index is 13.0. The largest absolute Gasteiger partial charge is 0.344 e. The number of carbonyl (C=O) groups excluding carboxylic acids is 1. The molecule has 0 radical (unpaired) electrons. The van der Waals surface area contributed by atoms with Crippen LogP contribution in [0.3, 0.4) is 0 Å². The second kappa shape index (κ2) is 9.43. The lowest BCUT2D eigenvalue weighted by Gasteiger charge is -2.35. The standard InChI is InChI=1S/C23H26ClN5O/c1-27-11-13-28(14-12-27)17-22(18-5-3-2-4-6-18)26-23(30)19-15-25-29(16-19)21-9-7-20(24)8-10-21/h2-10,15-16,22H,11-14,17H2,1H3,(H,26,30). The Hall–Kier alpha value is -2.67. The molecule has 2 aromatic carbocycles. The van der Waals surface area contributed by atoms with E-state index in [1.54, 1.807) is 29.2 Å². The van der Waals surface area contributed by atoms with Crippen LogP contribution in [-0.4, -0.2) is 65.3 Å². The number of halogens is 1. The van der Waals surface area contributed by atoms with Crippen molar-refractivity contribution in [2.45, 2.75) is 6.04 Å². The summed E-state index contributed by atoms with van der Waals surface area (Å²) in [7, 11) is 2.14. The van der Waals surface area contributed by atoms with Crippen LogP contribution < -0.4 is 5.32 Å². The van der Waals surface area contributed by atoms with Crippen molar-refractivity contribution in [2.24, 2.45) is 0 Å². The number of nitrogens with zero attached hydrogens (tertiary/aromatic N) is 4. The van der Waals surface area contributed by atoms with E-state index in [4.69, 9.17) is 11.6 Å². The van der Waals surface area contributed by atoms with Crippen molar-refractivity contribution >= 4 is 17.5 Å². The zero-order chi connectivity index (χ0) is 20.9. The van der Waals surface area contributed by atoms with Crippen LogP contribution in [0.5, 0.6) is 0 Å². The number of amides is 1. The SMILES string of the molecule is CN1CCN(CC(NC(=O)c2cnn(-c3ccc(Cl)cc3)c2)c2ccccc2)CC1. The maximum absolute atomic E-state index is 13.0. The van der Waals surface area contributed by atoms with Gasteiger partial charge in [-0.1, -0.05) is 41.9 Å². The molecule has 1 aromatic heterocycles. The number of piperazine rings is 1. The summed E-state index contributed by atoms with van der Waals surface area (Å²) in [6.07, 6.45) is 3.35. The van der Waals surface area contributed by atoms with Gasteiger partial charge in [-0.05, 0) is 36.9 Å². The number of rotatable bonds is 6. The summed E-state index contributed by atoms with van der Waals surface area (Å²) >= 11 is 5.96. The van der Waals surface area contributed by atoms with E-state index < -0.39 is 0 Å². The molecule has 1 N–H and O–H groups in total. The molecule has 0 aliphatic carbocycles. The van der Waals surface area contributed by atoms with Gasteiger partial charge in [-0.3, -0.25) is 9.69 Å². The van der Waals surface area contributed by atoms with Crippen LogP contribution in [0.25, 0.3) is 5.69 Å². The quantitative estimate of drug-likeness (QED) is 0.661. The lowest BCUT2D eigenvalue weighted by molar-refractivity contribution is 0.0907. The first-order chi connectivity index (χ1) is 14.6. The molecule has 3 aromatic rings. The summed E-state index contributed by atoms with van der Waals surface area (Å²) in [6.45, 7) is 4.88. The minimum absolute atomic E-state index is 0.0824. The summed E-state index contributed by atoms with van der Waals surface area (Å²) in [6, 6.07) is 17.4. The molecule has 6 nitrogen and oxygen atoms in total. The third-order valence-corrected chi connectivity index (χ3v) is 5.73. The molecular formula is C23H26ClN5O. The fourth-order valence-corrected chi connectivity index (χ4v) is 3.75. The average Bonchev–Trinajstić information content (AvgIpc) is 3.26. The first-order valence-electron chi connectivity index (χ1n) is 10.2. The molecule has 1 saturated heterocycles. The third kappa shape index (κ3) is 5.08. The predicted molar refractivity (Wildman–Crippen MR) is 119 cm³/mol. The highest BCUT2D eigenvalue weighted by atomic mass is 35.5. The lowest BCUT2D eigenvalue weighted by Crippen LogP contribution is -2.47. The van der Waals surface area contributed by atoms with Crippen LogP contribution in [0.2, 0.25) is 5.02 Å². The van der Waals surface area contributed by atoms with Crippen LogP contribution in [0.1, 0.15) is 22.0 Å². The van der Waals surface area contributed by atoms with E-state index in [9.17, 15) is 4.79 Å². The van der Waals surface area contributed by atoms with E-state index in [-0.39, 0.29) is 11.9 Å². The number of benzene rings is 2. The van der Waals surface area contributed by atoms with Crippen LogP contribution in [0, 0.1) is 0 Å². The Morgan fingerprint density at radius 1 is 1.07 bits per heavy atom. The Bertz CT molecular complexity index is 965. The summed E-state index contributed by atoms with van der Waals surface area (Å²) in [5.74, 6) is -0.127. The van der Waals surface area contributed by atoms with E-state index in [1.165, 1.54) is 0 Å². The molecule has 0 bridgehead atoms. The van der Waals surface area contributed by atoms with Crippen molar-refractivity contribution in [3.05, 3.63) is 83.1 Å². The molecule has 4 rings (SSSR count). The fraction of sp³-hybridized carbons (Fsp3) is 0.304. The number of hydrogen-bond donors (Lipinski definition) is 1. The van der Waals surface area contributed by atoms with Gasteiger partial charge in [0.05, 0.1) is 23.5 Å². The zero-order valence-electron chi connectivity index (χ0n) is 17.0. The van der Waals surface area contributed by atoms with Crippen LogP contribution >= 0.6 is 11.6 Å². The molecule has 1 amide bonds. The summed E-state index contributed by atoms with van der Waals surface area (Å²) in [4.78, 5) is 17.8. The molecule has 0 spiro atoms. The molecule has 7 heteroatoms. The Balaban J connectivity index is 1.48. The summed E-state index contributed by atoms with van der Waals surface area (Å²) < 4.78 is 1.68. The molecule has 1 atom stereocenters. The van der Waals surface area contributed by atoms with Gasteiger partial charge < -0.3 is 10.2 Å². The summed E-state index contributed by atoms with van der Waals surface area (Å²) in [5, 5.41) is 8.22. The van der Waals surface area contributed by atoms with Crippen molar-refractivity contribution in [1.82, 2.24) is 24.9 Å². The van der Waals surface area contributed by atoms with Crippen molar-refractivity contribution in [1.29, 1.82) is 0 Å². The van der Waals surface area contributed by atoms with Gasteiger partial charge in [0.25, 0.3) is 5.91 Å². The van der Waals surface area contributed by atoms with Crippen LogP contribution in [-0.2, 0) is 0 Å². The fourth-order valence-electron chi connectivity index (χ4n) is 3.63. The molecule has 1 aliphatic rings. The molecular weight excluding hydrogens is 398 g/mol. The highest BCUT2D eigenvalue weighted by Gasteiger charge is 2.22. The predicted octanol–water partition coefficient (Wildman–Crippen LogP) is 3.24. The number of nitrogens with one attached hydrogen (secondary N) is 1. The van der Waals surface area contributed by atoms with Gasteiger partial charge in [0.15, 0.2) is 0 Å². The molecule has 2 heterocycles. The van der Waals surface area contributed by atoms with Gasteiger partial charge in [-0.15, -0.1) is 0 Å². The van der Waals surface area contributed by atoms with E-state index in [1.807, 2.05) is 30.3 Å². The smallest absolute Gasteiger partial charge is 0.255 e. The first-order valence-corrected chi connectivity index (χ1v) is 10.5. The lowest BCUT2D eigenvalue weighted by atomic mass is 10.1. The molecule has 0 saturated carbocycles. The number of likely N-dealkylation sites (N-methyl/N-ethyl adjacent to an activating group) is 1. The number of hydrogen-bond acceptors (Lipinski definition) is 4. The van der Waals surface area contributed by atoms with E-state index >= 15 is 0 Å². The van der Waals surface area contributed by atoms with Crippen molar-refractivity contribution in [3.63, 3.8) is 0 Å². The normalized spacial score (nSPS) is 16.3. The Morgan fingerprint density at radius 2 is 1.77 bits per heavy atom. The molecule has 156 valence electrons. The van der Waals surface area contributed by atoms with E-state index in [2.05, 4.69) is 39.4 Å². The molecule has 1 fully saturated rings. The minimum Gasteiger partial charge on any atom is -0.344 e. The number of aromatic nitrogens is 2. The highest BCUT2D eigenvalue weighted by molar-refractivity contribution is 6.30. The van der Waals surface area contributed by atoms with Gasteiger partial charge in [0.1, 0.15) is 0 Å². The average molecular weight is 424 g/mol. The van der Waals surface area contributed by atoms with Gasteiger partial charge in [0.2, 0.25) is 0 Å². The van der Waals surface area contributed by atoms with Crippen molar-refractivity contribution in [2.75, 3.05) is 39.8 Å². The highest BCUT2D eigenvalue weighted by Crippen LogP contribution is 2.17.